The third-order valence-corrected chi connectivity index (χ3v) is 5.29. The second-order valence-corrected chi connectivity index (χ2v) is 6.89. The Morgan fingerprint density at radius 2 is 1.68 bits per heavy atom. The van der Waals surface area contributed by atoms with Gasteiger partial charge in [-0.2, -0.15) is 0 Å². The van der Waals surface area contributed by atoms with E-state index in [0.717, 1.165) is 35.7 Å². The van der Waals surface area contributed by atoms with E-state index in [1.807, 2.05) is 19.9 Å². The standard InChI is InChI=1S/C22H28N4O2/c1-6-24(7-2)18-9-11-19(12-10-18)26-15(4)13-17(16(26)5)14-20-21(27)25(8-3)22(28)23-20/h9-14H,6-8H2,1-5H3,(H,23,28). The quantitative estimate of drug-likeness (QED) is 0.612. The second-order valence-electron chi connectivity index (χ2n) is 6.89. The summed E-state index contributed by atoms with van der Waals surface area (Å²) in [6.07, 6.45) is 1.76. The van der Waals surface area contributed by atoms with Crippen LogP contribution in [0.1, 0.15) is 37.7 Å². The van der Waals surface area contributed by atoms with E-state index < -0.39 is 0 Å². The Bertz CT molecular complexity index is 921. The van der Waals surface area contributed by atoms with Gasteiger partial charge in [-0.15, -0.1) is 0 Å². The smallest absolute Gasteiger partial charge is 0.328 e. The van der Waals surface area contributed by atoms with Gasteiger partial charge in [0.25, 0.3) is 5.91 Å². The van der Waals surface area contributed by atoms with Gasteiger partial charge in [0.05, 0.1) is 0 Å². The molecule has 148 valence electrons. The summed E-state index contributed by atoms with van der Waals surface area (Å²) < 4.78 is 2.16. The molecule has 1 saturated heterocycles. The molecule has 28 heavy (non-hydrogen) atoms. The van der Waals surface area contributed by atoms with Crippen LogP contribution < -0.4 is 10.2 Å². The maximum Gasteiger partial charge on any atom is 0.328 e. The molecule has 0 unspecified atom stereocenters. The first-order chi connectivity index (χ1) is 13.4. The van der Waals surface area contributed by atoms with Crippen LogP contribution >= 0.6 is 0 Å². The van der Waals surface area contributed by atoms with Crippen molar-refractivity contribution in [2.75, 3.05) is 24.5 Å². The fraction of sp³-hybridized carbons (Fsp3) is 0.364. The zero-order valence-electron chi connectivity index (χ0n) is 17.2. The van der Waals surface area contributed by atoms with E-state index in [9.17, 15) is 9.59 Å². The number of aryl methyl sites for hydroxylation is 1. The van der Waals surface area contributed by atoms with Gasteiger partial charge in [-0.1, -0.05) is 0 Å². The number of imide groups is 1. The van der Waals surface area contributed by atoms with Crippen molar-refractivity contribution in [3.8, 4) is 5.69 Å². The number of carbonyl (C=O) groups excluding carboxylic acids is 2. The Morgan fingerprint density at radius 3 is 2.21 bits per heavy atom. The predicted molar refractivity (Wildman–Crippen MR) is 113 cm³/mol. The lowest BCUT2D eigenvalue weighted by atomic mass is 10.2. The van der Waals surface area contributed by atoms with Gasteiger partial charge in [0.1, 0.15) is 5.70 Å². The van der Waals surface area contributed by atoms with E-state index in [4.69, 9.17) is 0 Å². The molecular weight excluding hydrogens is 352 g/mol. The van der Waals surface area contributed by atoms with Crippen molar-refractivity contribution < 1.29 is 9.59 Å². The van der Waals surface area contributed by atoms with Gasteiger partial charge in [-0.25, -0.2) is 4.79 Å². The lowest BCUT2D eigenvalue weighted by molar-refractivity contribution is -0.122. The van der Waals surface area contributed by atoms with E-state index in [1.54, 1.807) is 13.0 Å². The van der Waals surface area contributed by atoms with Gasteiger partial charge in [-0.3, -0.25) is 9.69 Å². The number of carbonyl (C=O) groups is 2. The highest BCUT2D eigenvalue weighted by Crippen LogP contribution is 2.25. The number of anilines is 1. The van der Waals surface area contributed by atoms with Gasteiger partial charge in [0.15, 0.2) is 0 Å². The molecular formula is C22H28N4O2. The number of hydrogen-bond donors (Lipinski definition) is 1. The summed E-state index contributed by atoms with van der Waals surface area (Å²) >= 11 is 0. The topological polar surface area (TPSA) is 57.6 Å². The lowest BCUT2D eigenvalue weighted by Gasteiger charge is -2.21. The van der Waals surface area contributed by atoms with Gasteiger partial charge in [-0.05, 0) is 76.6 Å². The van der Waals surface area contributed by atoms with E-state index >= 15 is 0 Å². The highest BCUT2D eigenvalue weighted by molar-refractivity contribution is 6.14. The lowest BCUT2D eigenvalue weighted by Crippen LogP contribution is -2.30. The Labute approximate surface area is 166 Å². The SMILES string of the molecule is CCN1C(=O)NC(=Cc2cc(C)n(-c3ccc(N(CC)CC)cc3)c2C)C1=O. The van der Waals surface area contributed by atoms with Crippen molar-refractivity contribution in [2.45, 2.75) is 34.6 Å². The summed E-state index contributed by atoms with van der Waals surface area (Å²) in [5.74, 6) is -0.277. The van der Waals surface area contributed by atoms with Crippen LogP contribution in [0.15, 0.2) is 36.0 Å². The van der Waals surface area contributed by atoms with Crippen molar-refractivity contribution in [3.05, 3.63) is 53.0 Å². The summed E-state index contributed by atoms with van der Waals surface area (Å²) in [5.41, 5.74) is 5.63. The van der Waals surface area contributed by atoms with Crippen molar-refractivity contribution in [1.29, 1.82) is 0 Å². The molecule has 0 saturated carbocycles. The number of amides is 3. The van der Waals surface area contributed by atoms with Crippen LogP contribution in [0.4, 0.5) is 10.5 Å². The maximum absolute atomic E-state index is 12.3. The average Bonchev–Trinajstić information content (AvgIpc) is 3.11. The summed E-state index contributed by atoms with van der Waals surface area (Å²) in [7, 11) is 0. The molecule has 1 N–H and O–H groups in total. The number of rotatable bonds is 6. The van der Waals surface area contributed by atoms with Crippen LogP contribution in [0.25, 0.3) is 11.8 Å². The van der Waals surface area contributed by atoms with Gasteiger partial charge >= 0.3 is 6.03 Å². The summed E-state index contributed by atoms with van der Waals surface area (Å²) in [5, 5.41) is 2.67. The first kappa shape index (κ1) is 19.7. The fourth-order valence-corrected chi connectivity index (χ4v) is 3.75. The van der Waals surface area contributed by atoms with E-state index in [1.165, 1.54) is 10.6 Å². The number of hydrogen-bond acceptors (Lipinski definition) is 3. The van der Waals surface area contributed by atoms with Crippen LogP contribution in [-0.2, 0) is 4.79 Å². The Kier molecular flexibility index (Phi) is 5.58. The monoisotopic (exact) mass is 380 g/mol. The summed E-state index contributed by atoms with van der Waals surface area (Å²) in [4.78, 5) is 27.7. The minimum absolute atomic E-state index is 0.277. The molecule has 2 aromatic rings. The van der Waals surface area contributed by atoms with Crippen molar-refractivity contribution >= 4 is 23.7 Å². The molecule has 3 amide bonds. The molecule has 0 radical (unpaired) electrons. The molecule has 3 rings (SSSR count). The third-order valence-electron chi connectivity index (χ3n) is 5.29. The minimum Gasteiger partial charge on any atom is -0.372 e. The zero-order chi connectivity index (χ0) is 20.4. The van der Waals surface area contributed by atoms with Gasteiger partial charge in [0.2, 0.25) is 0 Å². The van der Waals surface area contributed by atoms with E-state index in [2.05, 4.69) is 52.9 Å². The highest BCUT2D eigenvalue weighted by Gasteiger charge is 2.32. The highest BCUT2D eigenvalue weighted by atomic mass is 16.2. The summed E-state index contributed by atoms with van der Waals surface area (Å²) in [6, 6.07) is 10.2. The van der Waals surface area contributed by atoms with Gasteiger partial charge in [0, 0.05) is 42.4 Å². The Morgan fingerprint density at radius 1 is 1.04 bits per heavy atom. The second kappa shape index (κ2) is 7.92. The zero-order valence-corrected chi connectivity index (χ0v) is 17.2. The number of likely N-dealkylation sites (N-methyl/N-ethyl adjacent to an activating group) is 1. The molecule has 1 fully saturated rings. The maximum atomic E-state index is 12.3. The molecule has 1 aliphatic rings. The normalized spacial score (nSPS) is 15.5. The van der Waals surface area contributed by atoms with E-state index in [-0.39, 0.29) is 11.9 Å². The molecule has 6 heteroatoms. The van der Waals surface area contributed by atoms with E-state index in [0.29, 0.717) is 12.2 Å². The number of benzene rings is 1. The molecule has 1 aromatic carbocycles. The number of aromatic nitrogens is 1. The number of urea groups is 1. The molecule has 0 bridgehead atoms. The largest absolute Gasteiger partial charge is 0.372 e. The average molecular weight is 380 g/mol. The molecule has 1 aromatic heterocycles. The molecule has 1 aliphatic heterocycles. The Hall–Kier alpha value is -3.02. The van der Waals surface area contributed by atoms with Crippen molar-refractivity contribution in [2.24, 2.45) is 0 Å². The molecule has 0 spiro atoms. The predicted octanol–water partition coefficient (Wildman–Crippen LogP) is 3.85. The molecule has 6 nitrogen and oxygen atoms in total. The molecule has 2 heterocycles. The third kappa shape index (κ3) is 3.42. The van der Waals surface area contributed by atoms with Crippen LogP contribution in [0, 0.1) is 13.8 Å². The first-order valence-corrected chi connectivity index (χ1v) is 9.80. The minimum atomic E-state index is -0.362. The van der Waals surface area contributed by atoms with Gasteiger partial charge < -0.3 is 14.8 Å². The first-order valence-electron chi connectivity index (χ1n) is 9.80. The molecule has 0 aliphatic carbocycles. The van der Waals surface area contributed by atoms with Crippen LogP contribution in [0.3, 0.4) is 0 Å². The fourth-order valence-electron chi connectivity index (χ4n) is 3.75. The van der Waals surface area contributed by atoms with Crippen LogP contribution in [-0.4, -0.2) is 41.0 Å². The van der Waals surface area contributed by atoms with Crippen molar-refractivity contribution in [3.63, 3.8) is 0 Å². The Balaban J connectivity index is 1.94. The van der Waals surface area contributed by atoms with Crippen LogP contribution in [0.5, 0.6) is 0 Å². The molecule has 0 atom stereocenters. The number of nitrogens with one attached hydrogen (secondary N) is 1. The van der Waals surface area contributed by atoms with Crippen LogP contribution in [0.2, 0.25) is 0 Å². The summed E-state index contributed by atoms with van der Waals surface area (Å²) in [6.45, 7) is 12.5. The number of nitrogens with zero attached hydrogens (tertiary/aromatic N) is 3. The van der Waals surface area contributed by atoms with Crippen molar-refractivity contribution in [1.82, 2.24) is 14.8 Å².